The molecule has 0 spiro atoms. The summed E-state index contributed by atoms with van der Waals surface area (Å²) < 4.78 is 69.3. The minimum atomic E-state index is -3.26. The fraction of sp³-hybridized carbons (Fsp3) is 0.476. The molecule has 34 heavy (non-hydrogen) atoms. The standard InChI is InChI=1S/C21H23F3N6O3S/c1-11-14-9-34(31,32)16(11)8-30(14)17-6-13(12-5-15(33-19(22)23)18(25)26-7-12)27-20(28-17)29-4-3-21(2,24)10-29/h5-7,14,16,19H,1,3-4,8-10H2,2H3,(H2,25,26)/t14-,16-,21+/m1/s1. The van der Waals surface area contributed by atoms with Gasteiger partial charge in [0.1, 0.15) is 16.7 Å². The number of rotatable bonds is 5. The van der Waals surface area contributed by atoms with Crippen LogP contribution in [0.2, 0.25) is 0 Å². The Morgan fingerprint density at radius 2 is 2.09 bits per heavy atom. The highest BCUT2D eigenvalue weighted by atomic mass is 32.2. The number of alkyl halides is 3. The van der Waals surface area contributed by atoms with E-state index in [2.05, 4.69) is 26.3 Å². The fourth-order valence-corrected chi connectivity index (χ4v) is 6.78. The molecule has 9 nitrogen and oxygen atoms in total. The molecule has 3 saturated heterocycles. The van der Waals surface area contributed by atoms with Crippen LogP contribution < -0.4 is 20.3 Å². The van der Waals surface area contributed by atoms with E-state index in [4.69, 9.17) is 5.73 Å². The predicted molar refractivity (Wildman–Crippen MR) is 120 cm³/mol. The summed E-state index contributed by atoms with van der Waals surface area (Å²) in [6, 6.07) is 2.49. The third-order valence-electron chi connectivity index (χ3n) is 6.50. The molecular formula is C21H23F3N6O3S. The normalized spacial score (nSPS) is 27.7. The van der Waals surface area contributed by atoms with Gasteiger partial charge in [0.05, 0.1) is 24.0 Å². The zero-order valence-corrected chi connectivity index (χ0v) is 19.1. The molecule has 5 rings (SSSR count). The zero-order chi connectivity index (χ0) is 24.4. The van der Waals surface area contributed by atoms with E-state index in [1.807, 2.05) is 4.90 Å². The van der Waals surface area contributed by atoms with Gasteiger partial charge in [-0.3, -0.25) is 0 Å². The number of aromatic nitrogens is 3. The van der Waals surface area contributed by atoms with E-state index >= 15 is 0 Å². The third kappa shape index (κ3) is 3.91. The van der Waals surface area contributed by atoms with Crippen LogP contribution in [0.1, 0.15) is 13.3 Å². The number of sulfone groups is 1. The van der Waals surface area contributed by atoms with Gasteiger partial charge in [-0.05, 0) is 18.6 Å². The van der Waals surface area contributed by atoms with E-state index in [-0.39, 0.29) is 36.4 Å². The van der Waals surface area contributed by atoms with Crippen molar-refractivity contribution in [2.75, 3.05) is 40.9 Å². The van der Waals surface area contributed by atoms with Crippen LogP contribution in [0.4, 0.5) is 30.8 Å². The molecule has 2 N–H and O–H groups in total. The van der Waals surface area contributed by atoms with Gasteiger partial charge in [0, 0.05) is 37.3 Å². The maximum Gasteiger partial charge on any atom is 0.387 e. The lowest BCUT2D eigenvalue weighted by Gasteiger charge is -2.29. The first kappa shape index (κ1) is 22.7. The van der Waals surface area contributed by atoms with Gasteiger partial charge >= 0.3 is 6.61 Å². The van der Waals surface area contributed by atoms with Crippen molar-refractivity contribution in [3.8, 4) is 17.0 Å². The topological polar surface area (TPSA) is 115 Å². The molecule has 3 aliphatic rings. The lowest BCUT2D eigenvalue weighted by atomic mass is 10.1. The minimum absolute atomic E-state index is 0.0623. The van der Waals surface area contributed by atoms with Crippen LogP contribution in [-0.4, -0.2) is 72.3 Å². The van der Waals surface area contributed by atoms with E-state index in [1.54, 1.807) is 11.0 Å². The highest BCUT2D eigenvalue weighted by Gasteiger charge is 2.52. The Morgan fingerprint density at radius 1 is 1.32 bits per heavy atom. The molecular weight excluding hydrogens is 473 g/mol. The van der Waals surface area contributed by atoms with Crippen molar-refractivity contribution < 1.29 is 26.3 Å². The molecule has 3 atom stereocenters. The van der Waals surface area contributed by atoms with Crippen molar-refractivity contribution in [2.24, 2.45) is 0 Å². The number of pyridine rings is 1. The van der Waals surface area contributed by atoms with Crippen LogP contribution in [0.5, 0.6) is 5.75 Å². The SMILES string of the molecule is C=C1[C@H]2CS(=O)(=O)[C@@H]1CN2c1cc(-c2cnc(N)c(OC(F)F)c2)nc(N2CC[C@](C)(F)C2)n1. The van der Waals surface area contributed by atoms with Gasteiger partial charge in [0.15, 0.2) is 21.4 Å². The van der Waals surface area contributed by atoms with Crippen LogP contribution >= 0.6 is 0 Å². The second-order valence-corrected chi connectivity index (χ2v) is 11.3. The highest BCUT2D eigenvalue weighted by Crippen LogP contribution is 2.41. The van der Waals surface area contributed by atoms with Gasteiger partial charge in [-0.25, -0.2) is 22.8 Å². The molecule has 0 saturated carbocycles. The van der Waals surface area contributed by atoms with Crippen molar-refractivity contribution in [1.29, 1.82) is 0 Å². The van der Waals surface area contributed by atoms with Gasteiger partial charge in [-0.2, -0.15) is 13.8 Å². The van der Waals surface area contributed by atoms with Crippen LogP contribution in [0.3, 0.4) is 0 Å². The van der Waals surface area contributed by atoms with E-state index in [9.17, 15) is 21.6 Å². The van der Waals surface area contributed by atoms with Gasteiger partial charge in [-0.1, -0.05) is 6.58 Å². The molecule has 0 unspecified atom stereocenters. The Hall–Kier alpha value is -3.09. The summed E-state index contributed by atoms with van der Waals surface area (Å²) in [5, 5.41) is -0.676. The number of nitrogens with zero attached hydrogens (tertiary/aromatic N) is 5. The molecule has 5 heterocycles. The minimum Gasteiger partial charge on any atom is -0.431 e. The van der Waals surface area contributed by atoms with E-state index in [0.29, 0.717) is 35.6 Å². The Kier molecular flexibility index (Phi) is 5.15. The Bertz CT molecular complexity index is 1270. The summed E-state index contributed by atoms with van der Waals surface area (Å²) in [6.45, 7) is 3.05. The fourth-order valence-electron chi connectivity index (χ4n) is 4.71. The first-order valence-electron chi connectivity index (χ1n) is 10.6. The van der Waals surface area contributed by atoms with E-state index < -0.39 is 33.4 Å². The summed E-state index contributed by atoms with van der Waals surface area (Å²) in [5.74, 6) is 0.117. The van der Waals surface area contributed by atoms with Crippen molar-refractivity contribution in [3.05, 3.63) is 30.5 Å². The number of ether oxygens (including phenoxy) is 1. The number of nitrogen functional groups attached to an aromatic ring is 1. The third-order valence-corrected chi connectivity index (χ3v) is 8.60. The maximum absolute atomic E-state index is 14.6. The van der Waals surface area contributed by atoms with Crippen molar-refractivity contribution in [2.45, 2.75) is 36.9 Å². The largest absolute Gasteiger partial charge is 0.431 e. The van der Waals surface area contributed by atoms with Gasteiger partial charge in [-0.15, -0.1) is 0 Å². The molecule has 2 aromatic rings. The molecule has 2 bridgehead atoms. The van der Waals surface area contributed by atoms with Crippen molar-refractivity contribution in [3.63, 3.8) is 0 Å². The maximum atomic E-state index is 14.6. The van der Waals surface area contributed by atoms with E-state index in [0.717, 1.165) is 0 Å². The second-order valence-electron chi connectivity index (χ2n) is 9.04. The van der Waals surface area contributed by atoms with Crippen LogP contribution in [0.25, 0.3) is 11.3 Å². The number of halogens is 3. The smallest absolute Gasteiger partial charge is 0.387 e. The summed E-state index contributed by atoms with van der Waals surface area (Å²) in [6.07, 6.45) is 1.67. The number of anilines is 3. The first-order chi connectivity index (χ1) is 15.9. The molecule has 0 radical (unpaired) electrons. The molecule has 0 aromatic carbocycles. The highest BCUT2D eigenvalue weighted by molar-refractivity contribution is 7.92. The average molecular weight is 497 g/mol. The quantitative estimate of drug-likeness (QED) is 0.622. The number of fused-ring (bicyclic) bond motifs is 2. The summed E-state index contributed by atoms with van der Waals surface area (Å²) in [5.41, 5.74) is 5.53. The summed E-state index contributed by atoms with van der Waals surface area (Å²) in [7, 11) is -3.26. The number of hydrogen-bond donors (Lipinski definition) is 1. The van der Waals surface area contributed by atoms with Gasteiger partial charge in [0.25, 0.3) is 0 Å². The van der Waals surface area contributed by atoms with E-state index in [1.165, 1.54) is 19.2 Å². The van der Waals surface area contributed by atoms with Crippen LogP contribution in [0, 0.1) is 0 Å². The first-order valence-corrected chi connectivity index (χ1v) is 12.4. The molecule has 13 heteroatoms. The predicted octanol–water partition coefficient (Wildman–Crippen LogP) is 2.20. The Morgan fingerprint density at radius 3 is 2.68 bits per heavy atom. The van der Waals surface area contributed by atoms with Crippen molar-refractivity contribution >= 4 is 27.4 Å². The van der Waals surface area contributed by atoms with Gasteiger partial charge in [0.2, 0.25) is 5.95 Å². The molecule has 2 aromatic heterocycles. The molecule has 182 valence electrons. The molecule has 3 aliphatic heterocycles. The van der Waals surface area contributed by atoms with Crippen LogP contribution in [-0.2, 0) is 9.84 Å². The Balaban J connectivity index is 1.58. The summed E-state index contributed by atoms with van der Waals surface area (Å²) in [4.78, 5) is 16.6. The molecule has 3 fully saturated rings. The zero-order valence-electron chi connectivity index (χ0n) is 18.3. The summed E-state index contributed by atoms with van der Waals surface area (Å²) >= 11 is 0. The van der Waals surface area contributed by atoms with Crippen LogP contribution in [0.15, 0.2) is 30.5 Å². The lowest BCUT2D eigenvalue weighted by molar-refractivity contribution is -0.0494. The molecule has 0 aliphatic carbocycles. The second kappa shape index (κ2) is 7.72. The monoisotopic (exact) mass is 496 g/mol. The van der Waals surface area contributed by atoms with Gasteiger partial charge < -0.3 is 20.3 Å². The Labute approximate surface area is 194 Å². The number of nitrogens with two attached hydrogens (primary N) is 1. The number of hydrogen-bond acceptors (Lipinski definition) is 9. The van der Waals surface area contributed by atoms with Crippen molar-refractivity contribution in [1.82, 2.24) is 15.0 Å². The lowest BCUT2D eigenvalue weighted by Crippen LogP contribution is -2.41. The average Bonchev–Trinajstić information content (AvgIpc) is 3.35. The molecule has 0 amide bonds.